The van der Waals surface area contributed by atoms with E-state index in [-0.39, 0.29) is 36.4 Å². The first-order valence-corrected chi connectivity index (χ1v) is 8.73. The van der Waals surface area contributed by atoms with Gasteiger partial charge in [0, 0.05) is 19.0 Å². The van der Waals surface area contributed by atoms with E-state index in [2.05, 4.69) is 40.7 Å². The average Bonchev–Trinajstić information content (AvgIpc) is 3.08. The highest BCUT2D eigenvalue weighted by atomic mass is 127. The van der Waals surface area contributed by atoms with E-state index < -0.39 is 0 Å². The molecule has 0 atom stereocenters. The smallest absolute Gasteiger partial charge is 0.241 e. The number of rotatable bonds is 6. The number of carbonyl (C=O) groups excluding carboxylic acids is 1. The third kappa shape index (κ3) is 7.43. The van der Waals surface area contributed by atoms with Crippen LogP contribution >= 0.6 is 35.3 Å². The van der Waals surface area contributed by atoms with Crippen LogP contribution in [0.1, 0.15) is 16.0 Å². The van der Waals surface area contributed by atoms with Crippen LogP contribution in [0.25, 0.3) is 0 Å². The molecule has 0 unspecified atom stereocenters. The summed E-state index contributed by atoms with van der Waals surface area (Å²) in [5, 5.41) is 8.44. The van der Waals surface area contributed by atoms with Crippen molar-refractivity contribution in [3.8, 4) is 0 Å². The van der Waals surface area contributed by atoms with Gasteiger partial charge in [-0.25, -0.2) is 4.99 Å². The number of likely N-dealkylation sites (N-methyl/N-ethyl adjacent to an activating group) is 1. The summed E-state index contributed by atoms with van der Waals surface area (Å²) in [5.41, 5.74) is 2.39. The lowest BCUT2D eigenvalue weighted by molar-refractivity contribution is -0.127. The van der Waals surface area contributed by atoms with Gasteiger partial charge in [0.05, 0.1) is 19.6 Å². The number of benzene rings is 1. The zero-order valence-corrected chi connectivity index (χ0v) is 17.9. The number of guanidine groups is 1. The van der Waals surface area contributed by atoms with Crippen molar-refractivity contribution in [2.24, 2.45) is 4.99 Å². The van der Waals surface area contributed by atoms with Crippen molar-refractivity contribution < 1.29 is 4.79 Å². The van der Waals surface area contributed by atoms with Crippen LogP contribution in [-0.2, 0) is 17.9 Å². The fraction of sp³-hybridized carbons (Fsp3) is 0.333. The molecule has 136 valence electrons. The van der Waals surface area contributed by atoms with Gasteiger partial charge in [-0.3, -0.25) is 4.79 Å². The molecule has 0 radical (unpaired) electrons. The number of amides is 1. The molecule has 2 rings (SSSR count). The minimum atomic E-state index is 0. The maximum Gasteiger partial charge on any atom is 0.241 e. The molecule has 25 heavy (non-hydrogen) atoms. The van der Waals surface area contributed by atoms with E-state index >= 15 is 0 Å². The molecule has 7 heteroatoms. The lowest BCUT2D eigenvalue weighted by atomic mass is 10.1. The molecular formula is C18H25IN4OS. The Hall–Kier alpha value is -1.61. The van der Waals surface area contributed by atoms with Crippen LogP contribution in [0.15, 0.2) is 46.8 Å². The number of thiophene rings is 1. The Morgan fingerprint density at radius 3 is 2.56 bits per heavy atom. The van der Waals surface area contributed by atoms with Crippen LogP contribution < -0.4 is 10.6 Å². The summed E-state index contributed by atoms with van der Waals surface area (Å²) in [6.45, 7) is 3.56. The van der Waals surface area contributed by atoms with Crippen molar-refractivity contribution >= 4 is 47.2 Å². The normalized spacial score (nSPS) is 10.8. The third-order valence-corrected chi connectivity index (χ3v) is 4.46. The Bertz CT molecular complexity index is 686. The maximum atomic E-state index is 11.8. The summed E-state index contributed by atoms with van der Waals surface area (Å²) in [6.07, 6.45) is 0. The first kappa shape index (κ1) is 21.4. The molecule has 1 aromatic heterocycles. The van der Waals surface area contributed by atoms with Crippen molar-refractivity contribution in [1.82, 2.24) is 15.5 Å². The molecule has 1 heterocycles. The summed E-state index contributed by atoms with van der Waals surface area (Å²) in [7, 11) is 3.49. The molecule has 0 aliphatic rings. The molecule has 2 N–H and O–H groups in total. The molecule has 0 aliphatic heterocycles. The van der Waals surface area contributed by atoms with Gasteiger partial charge in [-0.1, -0.05) is 30.3 Å². The van der Waals surface area contributed by atoms with E-state index in [1.165, 1.54) is 16.0 Å². The molecule has 0 saturated heterocycles. The Labute approximate surface area is 170 Å². The van der Waals surface area contributed by atoms with Crippen LogP contribution in [0.5, 0.6) is 0 Å². The highest BCUT2D eigenvalue weighted by molar-refractivity contribution is 14.0. The first-order valence-electron chi connectivity index (χ1n) is 7.85. The highest BCUT2D eigenvalue weighted by Gasteiger charge is 2.06. The lowest BCUT2D eigenvalue weighted by Gasteiger charge is -2.15. The van der Waals surface area contributed by atoms with Gasteiger partial charge in [-0.15, -0.1) is 35.3 Å². The SMILES string of the molecule is Cc1ccccc1CN=C(NCC(=O)N(C)C)NCc1cccs1.I. The van der Waals surface area contributed by atoms with Gasteiger partial charge >= 0.3 is 0 Å². The minimum Gasteiger partial charge on any atom is -0.351 e. The zero-order valence-electron chi connectivity index (χ0n) is 14.8. The molecule has 1 aromatic carbocycles. The van der Waals surface area contributed by atoms with Crippen LogP contribution in [0.4, 0.5) is 0 Å². The standard InChI is InChI=1S/C18H24N4OS.HI/c1-14-7-4-5-8-15(14)11-19-18(21-13-17(23)22(2)3)20-12-16-9-6-10-24-16;/h4-10H,11-13H2,1-3H3,(H2,19,20,21);1H. The number of hydrogen-bond donors (Lipinski definition) is 2. The van der Waals surface area contributed by atoms with Crippen molar-refractivity contribution in [3.05, 3.63) is 57.8 Å². The Balaban J connectivity index is 0.00000312. The molecule has 2 aromatic rings. The van der Waals surface area contributed by atoms with Crippen LogP contribution in [0.2, 0.25) is 0 Å². The molecule has 0 bridgehead atoms. The van der Waals surface area contributed by atoms with Crippen molar-refractivity contribution in [2.45, 2.75) is 20.0 Å². The maximum absolute atomic E-state index is 11.8. The fourth-order valence-corrected chi connectivity index (χ4v) is 2.67. The Morgan fingerprint density at radius 2 is 1.92 bits per heavy atom. The Kier molecular flexibility index (Phi) is 9.51. The van der Waals surface area contributed by atoms with E-state index in [1.54, 1.807) is 30.3 Å². The molecule has 0 saturated carbocycles. The zero-order chi connectivity index (χ0) is 17.4. The number of halogens is 1. The van der Waals surface area contributed by atoms with E-state index in [4.69, 9.17) is 0 Å². The van der Waals surface area contributed by atoms with Crippen molar-refractivity contribution in [1.29, 1.82) is 0 Å². The second-order valence-corrected chi connectivity index (χ2v) is 6.70. The molecular weight excluding hydrogens is 447 g/mol. The van der Waals surface area contributed by atoms with Gasteiger partial charge in [0.25, 0.3) is 0 Å². The molecule has 0 aliphatic carbocycles. The summed E-state index contributed by atoms with van der Waals surface area (Å²) in [4.78, 5) is 19.2. The highest BCUT2D eigenvalue weighted by Crippen LogP contribution is 2.09. The number of aryl methyl sites for hydroxylation is 1. The summed E-state index contributed by atoms with van der Waals surface area (Å²) in [5.74, 6) is 0.651. The Morgan fingerprint density at radius 1 is 1.16 bits per heavy atom. The van der Waals surface area contributed by atoms with Crippen LogP contribution in [0, 0.1) is 6.92 Å². The van der Waals surface area contributed by atoms with Crippen molar-refractivity contribution in [3.63, 3.8) is 0 Å². The number of hydrogen-bond acceptors (Lipinski definition) is 3. The second-order valence-electron chi connectivity index (χ2n) is 5.67. The van der Waals surface area contributed by atoms with E-state index in [1.807, 2.05) is 23.6 Å². The topological polar surface area (TPSA) is 56.7 Å². The van der Waals surface area contributed by atoms with Gasteiger partial charge < -0.3 is 15.5 Å². The lowest BCUT2D eigenvalue weighted by Crippen LogP contribution is -2.42. The third-order valence-electron chi connectivity index (χ3n) is 3.58. The predicted molar refractivity (Wildman–Crippen MR) is 116 cm³/mol. The van der Waals surface area contributed by atoms with E-state index in [9.17, 15) is 4.79 Å². The average molecular weight is 472 g/mol. The summed E-state index contributed by atoms with van der Waals surface area (Å²) < 4.78 is 0. The van der Waals surface area contributed by atoms with E-state index in [0.29, 0.717) is 19.0 Å². The number of nitrogens with one attached hydrogen (secondary N) is 2. The largest absolute Gasteiger partial charge is 0.351 e. The first-order chi connectivity index (χ1) is 11.6. The van der Waals surface area contributed by atoms with E-state index in [0.717, 1.165) is 0 Å². The molecule has 0 fully saturated rings. The predicted octanol–water partition coefficient (Wildman–Crippen LogP) is 3.00. The number of nitrogens with zero attached hydrogens (tertiary/aromatic N) is 2. The van der Waals surface area contributed by atoms with Gasteiger partial charge in [0.15, 0.2) is 5.96 Å². The molecule has 1 amide bonds. The quantitative estimate of drug-likeness (QED) is 0.386. The second kappa shape index (κ2) is 11.1. The monoisotopic (exact) mass is 472 g/mol. The van der Waals surface area contributed by atoms with Gasteiger partial charge in [-0.05, 0) is 29.5 Å². The van der Waals surface area contributed by atoms with Gasteiger partial charge in [-0.2, -0.15) is 0 Å². The fourth-order valence-electron chi connectivity index (χ4n) is 2.03. The van der Waals surface area contributed by atoms with Gasteiger partial charge in [0.1, 0.15) is 0 Å². The number of carbonyl (C=O) groups is 1. The summed E-state index contributed by atoms with van der Waals surface area (Å²) in [6, 6.07) is 12.3. The van der Waals surface area contributed by atoms with Crippen LogP contribution in [0.3, 0.4) is 0 Å². The molecule has 5 nitrogen and oxygen atoms in total. The molecule has 0 spiro atoms. The number of aliphatic imine (C=N–C) groups is 1. The summed E-state index contributed by atoms with van der Waals surface area (Å²) >= 11 is 1.69. The van der Waals surface area contributed by atoms with Crippen LogP contribution in [-0.4, -0.2) is 37.4 Å². The van der Waals surface area contributed by atoms with Gasteiger partial charge in [0.2, 0.25) is 5.91 Å². The minimum absolute atomic E-state index is 0. The van der Waals surface area contributed by atoms with Crippen molar-refractivity contribution in [2.75, 3.05) is 20.6 Å².